The number of nitrogens with zero attached hydrogens (tertiary/aromatic N) is 1. The summed E-state index contributed by atoms with van der Waals surface area (Å²) >= 11 is 0. The summed E-state index contributed by atoms with van der Waals surface area (Å²) in [5, 5.41) is 0. The fourth-order valence-electron chi connectivity index (χ4n) is 2.41. The summed E-state index contributed by atoms with van der Waals surface area (Å²) in [6.45, 7) is 6.11. The molecule has 0 bridgehead atoms. The molecule has 2 rings (SSSR count). The highest BCUT2D eigenvalue weighted by molar-refractivity contribution is 4.99. The van der Waals surface area contributed by atoms with Crippen molar-refractivity contribution >= 4 is 0 Å². The molecule has 2 fully saturated rings. The van der Waals surface area contributed by atoms with E-state index in [0.717, 1.165) is 18.0 Å². The van der Waals surface area contributed by atoms with Crippen LogP contribution in [0.1, 0.15) is 26.7 Å². The Bertz CT molecular complexity index is 108. The van der Waals surface area contributed by atoms with Crippen LogP contribution in [0.4, 0.5) is 0 Å². The van der Waals surface area contributed by atoms with Gasteiger partial charge in [0, 0.05) is 12.1 Å². The van der Waals surface area contributed by atoms with Crippen LogP contribution in [-0.4, -0.2) is 23.5 Å². The van der Waals surface area contributed by atoms with Crippen molar-refractivity contribution in [3.63, 3.8) is 0 Å². The molecule has 0 amide bonds. The Morgan fingerprint density at radius 3 is 2.78 bits per heavy atom. The highest BCUT2D eigenvalue weighted by Crippen LogP contribution is 2.38. The molecule has 0 aliphatic carbocycles. The highest BCUT2D eigenvalue weighted by atomic mass is 15.3. The third kappa shape index (κ3) is 0.586. The zero-order valence-corrected chi connectivity index (χ0v) is 6.30. The molecule has 2 aliphatic rings. The Hall–Kier alpha value is -0.0400. The molecule has 1 nitrogen and oxygen atoms in total. The molecule has 0 spiro atoms. The molecule has 0 N–H and O–H groups in total. The molecular formula is C8H15N. The van der Waals surface area contributed by atoms with Crippen molar-refractivity contribution in [1.29, 1.82) is 0 Å². The number of rotatable bonds is 0. The van der Waals surface area contributed by atoms with E-state index in [1.54, 1.807) is 0 Å². The van der Waals surface area contributed by atoms with Crippen LogP contribution in [0.2, 0.25) is 0 Å². The second-order valence-corrected chi connectivity index (χ2v) is 3.55. The lowest BCUT2D eigenvalue weighted by atomic mass is 9.83. The average molecular weight is 125 g/mol. The summed E-state index contributed by atoms with van der Waals surface area (Å²) in [5.74, 6) is 0.979. The minimum absolute atomic E-state index is 0.887. The van der Waals surface area contributed by atoms with Crippen molar-refractivity contribution in [2.24, 2.45) is 5.92 Å². The van der Waals surface area contributed by atoms with E-state index in [1.807, 2.05) is 0 Å². The maximum Gasteiger partial charge on any atom is 0.0139 e. The first-order valence-electron chi connectivity index (χ1n) is 4.06. The lowest BCUT2D eigenvalue weighted by Crippen LogP contribution is -2.57. The number of fused-ring (bicyclic) bond motifs is 1. The Morgan fingerprint density at radius 1 is 1.33 bits per heavy atom. The van der Waals surface area contributed by atoms with Crippen molar-refractivity contribution in [3.8, 4) is 0 Å². The van der Waals surface area contributed by atoms with Crippen LogP contribution in [0.25, 0.3) is 0 Å². The molecule has 0 radical (unpaired) electrons. The van der Waals surface area contributed by atoms with E-state index in [4.69, 9.17) is 0 Å². The quantitative estimate of drug-likeness (QED) is 0.474. The molecule has 1 heteroatoms. The van der Waals surface area contributed by atoms with Crippen molar-refractivity contribution in [1.82, 2.24) is 4.90 Å². The summed E-state index contributed by atoms with van der Waals surface area (Å²) in [7, 11) is 0. The average Bonchev–Trinajstić information content (AvgIpc) is 2.30. The second kappa shape index (κ2) is 1.72. The molecule has 0 saturated carbocycles. The zero-order valence-electron chi connectivity index (χ0n) is 6.30. The summed E-state index contributed by atoms with van der Waals surface area (Å²) < 4.78 is 0. The standard InChI is InChI=1S/C8H15N/c1-6-7(2)9-5-3-4-8(6)9/h6-8H,3-5H2,1-2H3. The van der Waals surface area contributed by atoms with Gasteiger partial charge in [-0.1, -0.05) is 6.92 Å². The van der Waals surface area contributed by atoms with Crippen LogP contribution in [0.5, 0.6) is 0 Å². The predicted molar refractivity (Wildman–Crippen MR) is 38.4 cm³/mol. The minimum Gasteiger partial charge on any atom is -0.297 e. The molecule has 3 unspecified atom stereocenters. The molecule has 0 aromatic heterocycles. The molecule has 9 heavy (non-hydrogen) atoms. The maximum atomic E-state index is 2.64. The van der Waals surface area contributed by atoms with E-state index in [9.17, 15) is 0 Å². The van der Waals surface area contributed by atoms with Gasteiger partial charge in [0.25, 0.3) is 0 Å². The molecular weight excluding hydrogens is 110 g/mol. The second-order valence-electron chi connectivity index (χ2n) is 3.55. The molecule has 2 aliphatic heterocycles. The third-order valence-corrected chi connectivity index (χ3v) is 3.23. The van der Waals surface area contributed by atoms with Gasteiger partial charge in [0.15, 0.2) is 0 Å². The summed E-state index contributed by atoms with van der Waals surface area (Å²) in [4.78, 5) is 2.64. The Morgan fingerprint density at radius 2 is 2.11 bits per heavy atom. The Balaban J connectivity index is 2.06. The van der Waals surface area contributed by atoms with E-state index in [2.05, 4.69) is 18.7 Å². The topological polar surface area (TPSA) is 3.24 Å². The zero-order chi connectivity index (χ0) is 6.43. The van der Waals surface area contributed by atoms with Gasteiger partial charge in [0.2, 0.25) is 0 Å². The Labute approximate surface area is 57.0 Å². The first-order chi connectivity index (χ1) is 4.30. The SMILES string of the molecule is CC1C(C)N2CCCC12. The molecule has 52 valence electrons. The fraction of sp³-hybridized carbons (Fsp3) is 1.00. The van der Waals surface area contributed by atoms with Gasteiger partial charge < -0.3 is 0 Å². The molecule has 2 heterocycles. The monoisotopic (exact) mass is 125 g/mol. The van der Waals surface area contributed by atoms with Gasteiger partial charge in [-0.3, -0.25) is 4.90 Å². The molecule has 2 saturated heterocycles. The van der Waals surface area contributed by atoms with Crippen LogP contribution in [0, 0.1) is 5.92 Å². The fourth-order valence-corrected chi connectivity index (χ4v) is 2.41. The normalized spacial score (nSPS) is 50.7. The van der Waals surface area contributed by atoms with Crippen molar-refractivity contribution < 1.29 is 0 Å². The van der Waals surface area contributed by atoms with Crippen LogP contribution in [-0.2, 0) is 0 Å². The van der Waals surface area contributed by atoms with Crippen molar-refractivity contribution in [2.45, 2.75) is 38.8 Å². The largest absolute Gasteiger partial charge is 0.297 e. The van der Waals surface area contributed by atoms with Gasteiger partial charge in [0.05, 0.1) is 0 Å². The number of hydrogen-bond acceptors (Lipinski definition) is 1. The number of hydrogen-bond donors (Lipinski definition) is 0. The first kappa shape index (κ1) is 5.72. The van der Waals surface area contributed by atoms with E-state index < -0.39 is 0 Å². The summed E-state index contributed by atoms with van der Waals surface area (Å²) in [5.41, 5.74) is 0. The van der Waals surface area contributed by atoms with E-state index in [-0.39, 0.29) is 0 Å². The smallest absolute Gasteiger partial charge is 0.0139 e. The first-order valence-corrected chi connectivity index (χ1v) is 4.06. The third-order valence-electron chi connectivity index (χ3n) is 3.23. The minimum atomic E-state index is 0.887. The van der Waals surface area contributed by atoms with Gasteiger partial charge >= 0.3 is 0 Å². The van der Waals surface area contributed by atoms with Crippen molar-refractivity contribution in [2.75, 3.05) is 6.54 Å². The van der Waals surface area contributed by atoms with E-state index >= 15 is 0 Å². The van der Waals surface area contributed by atoms with Gasteiger partial charge in [-0.05, 0) is 32.2 Å². The van der Waals surface area contributed by atoms with Crippen LogP contribution in [0.3, 0.4) is 0 Å². The Kier molecular flexibility index (Phi) is 1.10. The summed E-state index contributed by atoms with van der Waals surface area (Å²) in [6.07, 6.45) is 2.91. The van der Waals surface area contributed by atoms with Gasteiger partial charge in [0.1, 0.15) is 0 Å². The molecule has 0 aromatic carbocycles. The van der Waals surface area contributed by atoms with Crippen molar-refractivity contribution in [3.05, 3.63) is 0 Å². The van der Waals surface area contributed by atoms with Gasteiger partial charge in [-0.25, -0.2) is 0 Å². The lowest BCUT2D eigenvalue weighted by Gasteiger charge is -2.49. The highest BCUT2D eigenvalue weighted by Gasteiger charge is 2.44. The predicted octanol–water partition coefficient (Wildman–Crippen LogP) is 1.49. The molecule has 0 aromatic rings. The van der Waals surface area contributed by atoms with E-state index in [1.165, 1.54) is 19.4 Å². The van der Waals surface area contributed by atoms with E-state index in [0.29, 0.717) is 0 Å². The van der Waals surface area contributed by atoms with Crippen LogP contribution < -0.4 is 0 Å². The van der Waals surface area contributed by atoms with Crippen LogP contribution in [0.15, 0.2) is 0 Å². The van der Waals surface area contributed by atoms with Gasteiger partial charge in [-0.2, -0.15) is 0 Å². The molecule has 3 atom stereocenters. The van der Waals surface area contributed by atoms with Gasteiger partial charge in [-0.15, -0.1) is 0 Å². The maximum absolute atomic E-state index is 2.64. The van der Waals surface area contributed by atoms with Crippen LogP contribution >= 0.6 is 0 Å². The summed E-state index contributed by atoms with van der Waals surface area (Å²) in [6, 6.07) is 1.86. The lowest BCUT2D eigenvalue weighted by molar-refractivity contribution is -0.00220.